The summed E-state index contributed by atoms with van der Waals surface area (Å²) in [5.41, 5.74) is 3.65. The van der Waals surface area contributed by atoms with Crippen LogP contribution < -0.4 is 20.2 Å². The zero-order valence-corrected chi connectivity index (χ0v) is 14.6. The van der Waals surface area contributed by atoms with Crippen molar-refractivity contribution >= 4 is 23.5 Å². The molecule has 27 heavy (non-hydrogen) atoms. The minimum Gasteiger partial charge on any atom is -0.435 e. The number of ether oxygens (including phenoxy) is 2. The minimum absolute atomic E-state index is 0.121. The van der Waals surface area contributed by atoms with Gasteiger partial charge < -0.3 is 14.8 Å². The first kappa shape index (κ1) is 20.4. The van der Waals surface area contributed by atoms with Crippen LogP contribution in [0, 0.1) is 0 Å². The van der Waals surface area contributed by atoms with Crippen molar-refractivity contribution in [1.82, 2.24) is 10.7 Å². The smallest absolute Gasteiger partial charge is 0.387 e. The normalized spacial score (nSPS) is 11.0. The summed E-state index contributed by atoms with van der Waals surface area (Å²) in [7, 11) is 0. The van der Waals surface area contributed by atoms with Crippen molar-refractivity contribution < 1.29 is 27.0 Å². The summed E-state index contributed by atoms with van der Waals surface area (Å²) < 4.78 is 57.9. The number of nitrogens with one attached hydrogen (secondary N) is 2. The average molecular weight is 401 g/mol. The third-order valence-electron chi connectivity index (χ3n) is 3.09. The second kappa shape index (κ2) is 10.3. The third-order valence-corrected chi connectivity index (χ3v) is 3.33. The number of hydrogen-bond acceptors (Lipinski definition) is 4. The molecule has 0 aromatic heterocycles. The molecule has 2 aromatic rings. The maximum atomic E-state index is 12.5. The van der Waals surface area contributed by atoms with Crippen LogP contribution in [0.5, 0.6) is 11.5 Å². The van der Waals surface area contributed by atoms with E-state index in [-0.39, 0.29) is 22.2 Å². The van der Waals surface area contributed by atoms with E-state index in [4.69, 9.17) is 12.2 Å². The lowest BCUT2D eigenvalue weighted by molar-refractivity contribution is -0.0543. The Morgan fingerprint density at radius 1 is 1.04 bits per heavy atom. The van der Waals surface area contributed by atoms with E-state index in [1.54, 1.807) is 0 Å². The van der Waals surface area contributed by atoms with Crippen LogP contribution in [0.15, 0.2) is 53.6 Å². The van der Waals surface area contributed by atoms with Gasteiger partial charge in [0.05, 0.1) is 6.21 Å². The highest BCUT2D eigenvalue weighted by Crippen LogP contribution is 2.26. The Morgan fingerprint density at radius 3 is 2.41 bits per heavy atom. The van der Waals surface area contributed by atoms with Crippen molar-refractivity contribution in [2.75, 3.05) is 0 Å². The summed E-state index contributed by atoms with van der Waals surface area (Å²) >= 11 is 5.05. The fourth-order valence-corrected chi connectivity index (χ4v) is 2.10. The van der Waals surface area contributed by atoms with E-state index in [2.05, 4.69) is 25.3 Å². The molecule has 0 heterocycles. The van der Waals surface area contributed by atoms with Crippen LogP contribution in [0.2, 0.25) is 0 Å². The van der Waals surface area contributed by atoms with Gasteiger partial charge in [-0.2, -0.15) is 22.7 Å². The van der Waals surface area contributed by atoms with Gasteiger partial charge in [-0.15, -0.1) is 0 Å². The Kier molecular flexibility index (Phi) is 7.80. The molecule has 2 N–H and O–H groups in total. The molecule has 5 nitrogen and oxygen atoms in total. The molecule has 0 atom stereocenters. The van der Waals surface area contributed by atoms with E-state index in [0.29, 0.717) is 6.54 Å². The Labute approximate surface area is 158 Å². The Bertz CT molecular complexity index is 776. The Morgan fingerprint density at radius 2 is 1.74 bits per heavy atom. The van der Waals surface area contributed by atoms with Crippen molar-refractivity contribution in [3.8, 4) is 11.5 Å². The van der Waals surface area contributed by atoms with Crippen molar-refractivity contribution in [2.24, 2.45) is 5.10 Å². The van der Waals surface area contributed by atoms with Gasteiger partial charge in [0.15, 0.2) is 5.11 Å². The number of hydrogen-bond donors (Lipinski definition) is 2. The lowest BCUT2D eigenvalue weighted by Gasteiger charge is -2.11. The molecule has 0 aliphatic rings. The first-order valence-corrected chi connectivity index (χ1v) is 7.99. The van der Waals surface area contributed by atoms with Gasteiger partial charge in [-0.1, -0.05) is 30.3 Å². The summed E-state index contributed by atoms with van der Waals surface area (Å²) in [6.45, 7) is -5.75. The summed E-state index contributed by atoms with van der Waals surface area (Å²) in [4.78, 5) is 0. The zero-order valence-electron chi connectivity index (χ0n) is 13.7. The molecule has 10 heteroatoms. The number of alkyl halides is 4. The van der Waals surface area contributed by atoms with E-state index in [0.717, 1.165) is 11.6 Å². The molecule has 0 aliphatic carbocycles. The Balaban J connectivity index is 1.96. The molecule has 0 saturated heterocycles. The molecule has 0 fully saturated rings. The van der Waals surface area contributed by atoms with E-state index in [1.165, 1.54) is 18.3 Å². The van der Waals surface area contributed by atoms with Crippen molar-refractivity contribution in [1.29, 1.82) is 0 Å². The van der Waals surface area contributed by atoms with Gasteiger partial charge in [0.25, 0.3) is 0 Å². The molecule has 0 aliphatic heterocycles. The van der Waals surface area contributed by atoms with E-state index in [9.17, 15) is 17.6 Å². The monoisotopic (exact) mass is 401 g/mol. The number of benzene rings is 2. The van der Waals surface area contributed by atoms with Gasteiger partial charge in [0.2, 0.25) is 0 Å². The van der Waals surface area contributed by atoms with Gasteiger partial charge in [-0.25, -0.2) is 0 Å². The van der Waals surface area contributed by atoms with E-state index < -0.39 is 13.2 Å². The number of rotatable bonds is 8. The standard InChI is InChI=1S/C17H15F4N3O2S/c18-15(19)25-13-7-6-12(14(8-13)26-16(20)21)10-23-24-17(27)22-9-11-4-2-1-3-5-11/h1-8,10,15-16H,9H2,(H2,22,24,27)/b23-10-. The molecule has 0 saturated carbocycles. The fourth-order valence-electron chi connectivity index (χ4n) is 1.97. The summed E-state index contributed by atoms with van der Waals surface area (Å²) in [5, 5.41) is 6.95. The van der Waals surface area contributed by atoms with Gasteiger partial charge >= 0.3 is 13.2 Å². The van der Waals surface area contributed by atoms with Crippen LogP contribution >= 0.6 is 12.2 Å². The lowest BCUT2D eigenvalue weighted by atomic mass is 10.2. The molecule has 0 bridgehead atoms. The predicted molar refractivity (Wildman–Crippen MR) is 96.3 cm³/mol. The number of thiocarbonyl (C=S) groups is 1. The van der Waals surface area contributed by atoms with Crippen LogP contribution in [0.25, 0.3) is 0 Å². The van der Waals surface area contributed by atoms with E-state index in [1.807, 2.05) is 30.3 Å². The molecule has 0 amide bonds. The fraction of sp³-hybridized carbons (Fsp3) is 0.176. The third kappa shape index (κ3) is 7.48. The lowest BCUT2D eigenvalue weighted by Crippen LogP contribution is -2.31. The first-order valence-electron chi connectivity index (χ1n) is 7.58. The highest BCUT2D eigenvalue weighted by atomic mass is 32.1. The highest BCUT2D eigenvalue weighted by Gasteiger charge is 2.12. The maximum absolute atomic E-state index is 12.5. The van der Waals surface area contributed by atoms with Crippen LogP contribution in [-0.4, -0.2) is 24.6 Å². The predicted octanol–water partition coefficient (Wildman–Crippen LogP) is 3.89. The summed E-state index contributed by atoms with van der Waals surface area (Å²) in [6.07, 6.45) is 1.17. The van der Waals surface area contributed by atoms with Gasteiger partial charge in [0.1, 0.15) is 11.5 Å². The summed E-state index contributed by atoms with van der Waals surface area (Å²) in [6, 6.07) is 12.8. The zero-order chi connectivity index (χ0) is 19.6. The van der Waals surface area contributed by atoms with Gasteiger partial charge in [0, 0.05) is 18.2 Å². The molecular formula is C17H15F4N3O2S. The van der Waals surface area contributed by atoms with Crippen LogP contribution in [0.1, 0.15) is 11.1 Å². The van der Waals surface area contributed by atoms with Crippen LogP contribution in [0.3, 0.4) is 0 Å². The Hall–Kier alpha value is -2.88. The molecule has 144 valence electrons. The van der Waals surface area contributed by atoms with Crippen molar-refractivity contribution in [3.05, 3.63) is 59.7 Å². The molecule has 2 rings (SSSR count). The minimum atomic E-state index is -3.14. The largest absolute Gasteiger partial charge is 0.435 e. The van der Waals surface area contributed by atoms with E-state index >= 15 is 0 Å². The quantitative estimate of drug-likeness (QED) is 0.304. The summed E-state index contributed by atoms with van der Waals surface area (Å²) in [5.74, 6) is -0.678. The second-order valence-corrected chi connectivity index (χ2v) is 5.40. The van der Waals surface area contributed by atoms with Crippen LogP contribution in [0.4, 0.5) is 17.6 Å². The van der Waals surface area contributed by atoms with Crippen LogP contribution in [-0.2, 0) is 6.54 Å². The van der Waals surface area contributed by atoms with Crippen molar-refractivity contribution in [3.63, 3.8) is 0 Å². The first-order chi connectivity index (χ1) is 12.9. The highest BCUT2D eigenvalue weighted by molar-refractivity contribution is 7.80. The maximum Gasteiger partial charge on any atom is 0.387 e. The van der Waals surface area contributed by atoms with Crippen molar-refractivity contribution in [2.45, 2.75) is 19.8 Å². The molecule has 0 unspecified atom stereocenters. The number of hydrazone groups is 1. The molecule has 0 spiro atoms. The molecular weight excluding hydrogens is 386 g/mol. The van der Waals surface area contributed by atoms with Gasteiger partial charge in [-0.3, -0.25) is 5.43 Å². The second-order valence-electron chi connectivity index (χ2n) is 4.99. The number of nitrogens with zero attached hydrogens (tertiary/aromatic N) is 1. The molecule has 2 aromatic carbocycles. The topological polar surface area (TPSA) is 54.9 Å². The number of halogens is 4. The average Bonchev–Trinajstić information content (AvgIpc) is 2.61. The van der Waals surface area contributed by atoms with Gasteiger partial charge in [-0.05, 0) is 29.9 Å². The SMILES string of the molecule is FC(F)Oc1ccc(/C=N\NC(=S)NCc2ccccc2)c(OC(F)F)c1. The molecule has 0 radical (unpaired) electrons.